The Labute approximate surface area is 143 Å². The molecule has 24 heavy (non-hydrogen) atoms. The molecule has 0 saturated heterocycles. The Morgan fingerprint density at radius 3 is 2.58 bits per heavy atom. The lowest BCUT2D eigenvalue weighted by Gasteiger charge is -2.08. The second-order valence-electron chi connectivity index (χ2n) is 4.63. The van der Waals surface area contributed by atoms with E-state index in [9.17, 15) is 9.59 Å². The molecule has 0 spiro atoms. The second-order valence-corrected chi connectivity index (χ2v) is 5.59. The molecule has 1 amide bonds. The highest BCUT2D eigenvalue weighted by atomic mass is 32.2. The van der Waals surface area contributed by atoms with Crippen LogP contribution in [0.1, 0.15) is 6.92 Å². The number of benzene rings is 1. The first kappa shape index (κ1) is 17.9. The molecular formula is C16H19N3O4S. The highest BCUT2D eigenvalue weighted by Gasteiger charge is 2.04. The van der Waals surface area contributed by atoms with E-state index in [-0.39, 0.29) is 17.2 Å². The Bertz CT molecular complexity index is 703. The van der Waals surface area contributed by atoms with Crippen molar-refractivity contribution in [3.8, 4) is 11.5 Å². The SMILES string of the molecule is CCOc1ccc(OCCNC(=O)CSc2nccc(=O)[nH]2)cc1. The average molecular weight is 349 g/mol. The third-order valence-corrected chi connectivity index (χ3v) is 3.70. The number of rotatable bonds is 9. The van der Waals surface area contributed by atoms with E-state index in [1.807, 2.05) is 31.2 Å². The van der Waals surface area contributed by atoms with E-state index in [2.05, 4.69) is 15.3 Å². The lowest BCUT2D eigenvalue weighted by atomic mass is 10.3. The van der Waals surface area contributed by atoms with Crippen molar-refractivity contribution in [3.63, 3.8) is 0 Å². The van der Waals surface area contributed by atoms with E-state index in [4.69, 9.17) is 9.47 Å². The van der Waals surface area contributed by atoms with Crippen molar-refractivity contribution in [1.29, 1.82) is 0 Å². The number of H-pyrrole nitrogens is 1. The summed E-state index contributed by atoms with van der Waals surface area (Å²) in [6, 6.07) is 8.63. The molecule has 2 N–H and O–H groups in total. The van der Waals surface area contributed by atoms with Crippen LogP contribution >= 0.6 is 11.8 Å². The number of aromatic nitrogens is 2. The maximum Gasteiger partial charge on any atom is 0.251 e. The molecule has 0 aliphatic heterocycles. The zero-order valence-corrected chi connectivity index (χ0v) is 14.1. The number of thioether (sulfide) groups is 1. The Kier molecular flexibility index (Phi) is 7.16. The van der Waals surface area contributed by atoms with Crippen molar-refractivity contribution >= 4 is 17.7 Å². The minimum absolute atomic E-state index is 0.151. The molecule has 2 aromatic rings. The lowest BCUT2D eigenvalue weighted by molar-refractivity contribution is -0.118. The summed E-state index contributed by atoms with van der Waals surface area (Å²) in [6.45, 7) is 3.31. The van der Waals surface area contributed by atoms with Crippen LogP contribution < -0.4 is 20.3 Å². The Balaban J connectivity index is 1.63. The topological polar surface area (TPSA) is 93.3 Å². The number of hydrogen-bond donors (Lipinski definition) is 2. The smallest absolute Gasteiger partial charge is 0.251 e. The number of hydrogen-bond acceptors (Lipinski definition) is 6. The molecule has 0 bridgehead atoms. The predicted octanol–water partition coefficient (Wildman–Crippen LogP) is 1.46. The summed E-state index contributed by atoms with van der Waals surface area (Å²) in [5.74, 6) is 1.54. The van der Waals surface area contributed by atoms with E-state index < -0.39 is 0 Å². The maximum absolute atomic E-state index is 11.7. The largest absolute Gasteiger partial charge is 0.494 e. The van der Waals surface area contributed by atoms with Crippen molar-refractivity contribution in [2.24, 2.45) is 0 Å². The van der Waals surface area contributed by atoms with Crippen molar-refractivity contribution in [3.05, 3.63) is 46.9 Å². The van der Waals surface area contributed by atoms with Gasteiger partial charge in [0.2, 0.25) is 5.91 Å². The first-order chi connectivity index (χ1) is 11.7. The van der Waals surface area contributed by atoms with Crippen LogP contribution in [0.2, 0.25) is 0 Å². The van der Waals surface area contributed by atoms with Crippen LogP contribution in [0.4, 0.5) is 0 Å². The van der Waals surface area contributed by atoms with Crippen LogP contribution in [0.25, 0.3) is 0 Å². The number of amides is 1. The van der Waals surface area contributed by atoms with E-state index in [0.29, 0.717) is 30.7 Å². The van der Waals surface area contributed by atoms with E-state index in [1.165, 1.54) is 24.0 Å². The molecule has 0 radical (unpaired) electrons. The van der Waals surface area contributed by atoms with Gasteiger partial charge in [-0.05, 0) is 31.2 Å². The minimum atomic E-state index is -0.239. The van der Waals surface area contributed by atoms with Gasteiger partial charge in [0.1, 0.15) is 18.1 Å². The standard InChI is InChI=1S/C16H19N3O4S/c1-2-22-12-3-5-13(6-4-12)23-10-9-17-15(21)11-24-16-18-8-7-14(20)19-16/h3-8H,2,9-11H2,1H3,(H,17,21)(H,18,19,20). The quantitative estimate of drug-likeness (QED) is 0.404. The van der Waals surface area contributed by atoms with Gasteiger partial charge in [-0.2, -0.15) is 0 Å². The zero-order chi connectivity index (χ0) is 17.2. The Hall–Kier alpha value is -2.48. The highest BCUT2D eigenvalue weighted by molar-refractivity contribution is 7.99. The molecule has 0 atom stereocenters. The molecule has 1 heterocycles. The predicted molar refractivity (Wildman–Crippen MR) is 91.7 cm³/mol. The molecule has 0 aliphatic carbocycles. The molecular weight excluding hydrogens is 330 g/mol. The first-order valence-corrected chi connectivity index (χ1v) is 8.46. The van der Waals surface area contributed by atoms with Crippen LogP contribution in [0.15, 0.2) is 46.5 Å². The van der Waals surface area contributed by atoms with Gasteiger partial charge in [-0.1, -0.05) is 11.8 Å². The molecule has 7 nitrogen and oxygen atoms in total. The van der Waals surface area contributed by atoms with Crippen molar-refractivity contribution in [2.75, 3.05) is 25.5 Å². The fourth-order valence-corrected chi connectivity index (χ4v) is 2.45. The Morgan fingerprint density at radius 1 is 1.21 bits per heavy atom. The van der Waals surface area contributed by atoms with Gasteiger partial charge in [0.05, 0.1) is 18.9 Å². The molecule has 0 aliphatic rings. The summed E-state index contributed by atoms with van der Waals surface area (Å²) < 4.78 is 10.9. The average Bonchev–Trinajstić information content (AvgIpc) is 2.59. The maximum atomic E-state index is 11.7. The van der Waals surface area contributed by atoms with E-state index in [0.717, 1.165) is 5.75 Å². The monoisotopic (exact) mass is 349 g/mol. The molecule has 2 rings (SSSR count). The number of carbonyl (C=O) groups excluding carboxylic acids is 1. The van der Waals surface area contributed by atoms with Crippen LogP contribution in [0.5, 0.6) is 11.5 Å². The lowest BCUT2D eigenvalue weighted by Crippen LogP contribution is -2.29. The number of carbonyl (C=O) groups is 1. The van der Waals surface area contributed by atoms with Crippen LogP contribution in [-0.2, 0) is 4.79 Å². The summed E-state index contributed by atoms with van der Waals surface area (Å²) in [5.41, 5.74) is -0.239. The number of nitrogens with one attached hydrogen (secondary N) is 2. The summed E-state index contributed by atoms with van der Waals surface area (Å²) in [7, 11) is 0. The molecule has 128 valence electrons. The number of nitrogens with zero attached hydrogens (tertiary/aromatic N) is 1. The molecule has 0 fully saturated rings. The summed E-state index contributed by atoms with van der Waals surface area (Å²) in [4.78, 5) is 29.3. The van der Waals surface area contributed by atoms with Gasteiger partial charge in [-0.15, -0.1) is 0 Å². The van der Waals surface area contributed by atoms with Crippen molar-refractivity contribution in [2.45, 2.75) is 12.1 Å². The summed E-state index contributed by atoms with van der Waals surface area (Å²) >= 11 is 1.17. The van der Waals surface area contributed by atoms with Crippen LogP contribution in [0, 0.1) is 0 Å². The van der Waals surface area contributed by atoms with Gasteiger partial charge in [-0.3, -0.25) is 9.59 Å². The molecule has 0 unspecified atom stereocenters. The fourth-order valence-electron chi connectivity index (χ4n) is 1.77. The minimum Gasteiger partial charge on any atom is -0.494 e. The van der Waals surface area contributed by atoms with Crippen molar-refractivity contribution < 1.29 is 14.3 Å². The van der Waals surface area contributed by atoms with Gasteiger partial charge in [0.15, 0.2) is 5.16 Å². The van der Waals surface area contributed by atoms with Gasteiger partial charge < -0.3 is 19.8 Å². The van der Waals surface area contributed by atoms with Gasteiger partial charge in [0.25, 0.3) is 5.56 Å². The zero-order valence-electron chi connectivity index (χ0n) is 13.3. The van der Waals surface area contributed by atoms with E-state index in [1.54, 1.807) is 0 Å². The third kappa shape index (κ3) is 6.33. The van der Waals surface area contributed by atoms with Gasteiger partial charge in [-0.25, -0.2) is 4.98 Å². The van der Waals surface area contributed by atoms with E-state index >= 15 is 0 Å². The highest BCUT2D eigenvalue weighted by Crippen LogP contribution is 2.17. The molecule has 1 aromatic heterocycles. The fraction of sp³-hybridized carbons (Fsp3) is 0.312. The Morgan fingerprint density at radius 2 is 1.92 bits per heavy atom. The summed E-state index contributed by atoms with van der Waals surface area (Å²) in [6.07, 6.45) is 1.41. The number of aromatic amines is 1. The molecule has 8 heteroatoms. The second kappa shape index (κ2) is 9.61. The summed E-state index contributed by atoms with van der Waals surface area (Å²) in [5, 5.41) is 3.16. The third-order valence-electron chi connectivity index (χ3n) is 2.82. The molecule has 0 saturated carbocycles. The van der Waals surface area contributed by atoms with Crippen LogP contribution in [0.3, 0.4) is 0 Å². The van der Waals surface area contributed by atoms with Crippen molar-refractivity contribution in [1.82, 2.24) is 15.3 Å². The normalized spacial score (nSPS) is 10.2. The van der Waals surface area contributed by atoms with Crippen LogP contribution in [-0.4, -0.2) is 41.4 Å². The first-order valence-electron chi connectivity index (χ1n) is 7.48. The number of ether oxygens (including phenoxy) is 2. The molecule has 1 aromatic carbocycles. The van der Waals surface area contributed by atoms with Gasteiger partial charge in [0, 0.05) is 12.3 Å². The van der Waals surface area contributed by atoms with Gasteiger partial charge >= 0.3 is 0 Å².